The third kappa shape index (κ3) is 3.98. The lowest BCUT2D eigenvalue weighted by molar-refractivity contribution is 0.415. The predicted molar refractivity (Wildman–Crippen MR) is 145 cm³/mol. The number of nitrogens with zero attached hydrogens (tertiary/aromatic N) is 3. The number of hydrogen-bond donors (Lipinski definition) is 4. The number of rotatable bonds is 6. The van der Waals surface area contributed by atoms with Crippen molar-refractivity contribution in [2.75, 3.05) is 18.2 Å². The number of nitrogens with two attached hydrogens (primary N) is 1. The van der Waals surface area contributed by atoms with Crippen molar-refractivity contribution in [2.45, 2.75) is 0 Å². The monoisotopic (exact) mass is 489 g/mol. The molecule has 3 heterocycles. The van der Waals surface area contributed by atoms with Crippen LogP contribution < -0.4 is 21.3 Å². The van der Waals surface area contributed by atoms with E-state index in [0.717, 1.165) is 16.7 Å². The molecule has 9 heteroatoms. The Hall–Kier alpha value is -5.31. The molecule has 0 fully saturated rings. The fourth-order valence-corrected chi connectivity index (χ4v) is 4.40. The topological polar surface area (TPSA) is 126 Å². The molecule has 0 saturated carbocycles. The van der Waals surface area contributed by atoms with Crippen LogP contribution in [0.1, 0.15) is 0 Å². The zero-order chi connectivity index (χ0) is 25.4. The van der Waals surface area contributed by atoms with Crippen molar-refractivity contribution in [3.05, 3.63) is 101 Å². The third-order valence-electron chi connectivity index (χ3n) is 6.12. The van der Waals surface area contributed by atoms with Gasteiger partial charge >= 0.3 is 0 Å². The van der Waals surface area contributed by atoms with E-state index in [-0.39, 0.29) is 5.56 Å². The molecule has 0 saturated heterocycles. The van der Waals surface area contributed by atoms with Crippen LogP contribution in [-0.4, -0.2) is 31.9 Å². The fraction of sp³-hybridized carbons (Fsp3) is 0.0357. The molecule has 3 aromatic heterocycles. The number of methoxy groups -OCH3 is 1. The maximum Gasteiger partial charge on any atom is 0.284 e. The largest absolute Gasteiger partial charge is 0.497 e. The van der Waals surface area contributed by atoms with Gasteiger partial charge in [0.2, 0.25) is 0 Å². The predicted octanol–water partition coefficient (Wildman–Crippen LogP) is 5.08. The van der Waals surface area contributed by atoms with Crippen molar-refractivity contribution in [2.24, 2.45) is 0 Å². The number of nitrogens with one attached hydrogen (secondary N) is 3. The molecule has 0 bridgehead atoms. The number of benzene rings is 3. The molecule has 182 valence electrons. The summed E-state index contributed by atoms with van der Waals surface area (Å²) in [6, 6.07) is 28.6. The summed E-state index contributed by atoms with van der Waals surface area (Å²) in [5, 5.41) is 14.9. The molecule has 0 amide bonds. The molecule has 0 unspecified atom stereocenters. The summed E-state index contributed by atoms with van der Waals surface area (Å²) in [6.45, 7) is 0. The van der Waals surface area contributed by atoms with Crippen LogP contribution in [0.5, 0.6) is 5.75 Å². The SMILES string of the molecule is COc1ccc(-c2c(Nc3cc(N)[nH]n3)[nH]c3c(-c4ccccc4)c(-c4ccccc4)nn3c2=O)cc1. The van der Waals surface area contributed by atoms with Crippen LogP contribution >= 0.6 is 0 Å². The molecule has 6 aromatic rings. The zero-order valence-corrected chi connectivity index (χ0v) is 19.9. The van der Waals surface area contributed by atoms with E-state index in [1.54, 1.807) is 13.2 Å². The molecule has 0 radical (unpaired) electrons. The maximum atomic E-state index is 14.1. The number of hydrogen-bond acceptors (Lipinski definition) is 6. The highest BCUT2D eigenvalue weighted by Gasteiger charge is 2.23. The number of aromatic nitrogens is 5. The van der Waals surface area contributed by atoms with Gasteiger partial charge in [0.15, 0.2) is 5.82 Å². The first-order chi connectivity index (χ1) is 18.1. The van der Waals surface area contributed by atoms with Gasteiger partial charge in [-0.15, -0.1) is 0 Å². The van der Waals surface area contributed by atoms with Crippen molar-refractivity contribution in [3.63, 3.8) is 0 Å². The van der Waals surface area contributed by atoms with Crippen LogP contribution in [0.25, 0.3) is 39.2 Å². The van der Waals surface area contributed by atoms with Crippen LogP contribution in [0.4, 0.5) is 17.5 Å². The van der Waals surface area contributed by atoms with Crippen LogP contribution in [0.2, 0.25) is 0 Å². The minimum Gasteiger partial charge on any atom is -0.497 e. The third-order valence-corrected chi connectivity index (χ3v) is 6.12. The number of fused-ring (bicyclic) bond motifs is 1. The first-order valence-electron chi connectivity index (χ1n) is 11.6. The lowest BCUT2D eigenvalue weighted by Crippen LogP contribution is -2.19. The van der Waals surface area contributed by atoms with Gasteiger partial charge in [-0.25, -0.2) is 0 Å². The molecule has 0 aliphatic rings. The first-order valence-corrected chi connectivity index (χ1v) is 11.6. The highest BCUT2D eigenvalue weighted by atomic mass is 16.5. The Morgan fingerprint density at radius 3 is 2.14 bits per heavy atom. The summed E-state index contributed by atoms with van der Waals surface area (Å²) in [4.78, 5) is 17.5. The van der Waals surface area contributed by atoms with E-state index in [1.807, 2.05) is 84.9 Å². The molecular weight excluding hydrogens is 466 g/mol. The normalized spacial score (nSPS) is 11.1. The smallest absolute Gasteiger partial charge is 0.284 e. The number of H-pyrrole nitrogens is 2. The van der Waals surface area contributed by atoms with Gasteiger partial charge in [-0.1, -0.05) is 72.8 Å². The fourth-order valence-electron chi connectivity index (χ4n) is 4.40. The van der Waals surface area contributed by atoms with Crippen LogP contribution in [0.3, 0.4) is 0 Å². The number of aromatic amines is 2. The summed E-state index contributed by atoms with van der Waals surface area (Å²) in [5.41, 5.74) is 10.5. The molecule has 0 aliphatic heterocycles. The van der Waals surface area contributed by atoms with E-state index < -0.39 is 0 Å². The van der Waals surface area contributed by atoms with Crippen molar-refractivity contribution >= 4 is 23.1 Å². The summed E-state index contributed by atoms with van der Waals surface area (Å²) in [5.74, 6) is 2.02. The Morgan fingerprint density at radius 2 is 1.51 bits per heavy atom. The quantitative estimate of drug-likeness (QED) is 0.258. The van der Waals surface area contributed by atoms with Crippen LogP contribution in [-0.2, 0) is 0 Å². The Morgan fingerprint density at radius 1 is 0.865 bits per heavy atom. The summed E-state index contributed by atoms with van der Waals surface area (Å²) in [7, 11) is 1.60. The Balaban J connectivity index is 1.67. The van der Waals surface area contributed by atoms with Gasteiger partial charge in [-0.2, -0.15) is 14.7 Å². The summed E-state index contributed by atoms with van der Waals surface area (Å²) >= 11 is 0. The van der Waals surface area contributed by atoms with E-state index in [1.165, 1.54) is 4.52 Å². The van der Waals surface area contributed by atoms with Gasteiger partial charge in [0.05, 0.1) is 18.2 Å². The molecule has 0 atom stereocenters. The number of ether oxygens (including phenoxy) is 1. The van der Waals surface area contributed by atoms with Gasteiger partial charge in [0, 0.05) is 11.6 Å². The van der Waals surface area contributed by atoms with Crippen molar-refractivity contribution in [1.82, 2.24) is 24.8 Å². The number of anilines is 3. The number of nitrogen functional groups attached to an aromatic ring is 1. The second-order valence-electron chi connectivity index (χ2n) is 8.46. The lowest BCUT2D eigenvalue weighted by Gasteiger charge is -2.12. The van der Waals surface area contributed by atoms with Gasteiger partial charge in [0.25, 0.3) is 5.56 Å². The second-order valence-corrected chi connectivity index (χ2v) is 8.46. The molecule has 0 spiro atoms. The zero-order valence-electron chi connectivity index (χ0n) is 19.9. The van der Waals surface area contributed by atoms with E-state index in [0.29, 0.717) is 45.7 Å². The van der Waals surface area contributed by atoms with E-state index in [9.17, 15) is 4.79 Å². The van der Waals surface area contributed by atoms with E-state index in [4.69, 9.17) is 15.6 Å². The van der Waals surface area contributed by atoms with Gasteiger partial charge < -0.3 is 20.8 Å². The molecule has 3 aromatic carbocycles. The standard InChI is InChI=1S/C28H23N7O2/c1-37-20-14-12-18(13-15-20)24-26(30-22-16-21(29)32-33-22)31-27-23(17-8-4-2-5-9-17)25(34-35(27)28(24)36)19-10-6-3-7-11-19/h2-16,31H,1H3,(H4,29,30,32,33). The highest BCUT2D eigenvalue weighted by Crippen LogP contribution is 2.36. The van der Waals surface area contributed by atoms with Crippen LogP contribution in [0.15, 0.2) is 95.8 Å². The van der Waals surface area contributed by atoms with Crippen molar-refractivity contribution in [1.29, 1.82) is 0 Å². The second kappa shape index (κ2) is 9.04. The Kier molecular flexibility index (Phi) is 5.42. The van der Waals surface area contributed by atoms with Gasteiger partial charge in [-0.3, -0.25) is 9.89 Å². The molecule has 0 aliphatic carbocycles. The van der Waals surface area contributed by atoms with E-state index >= 15 is 0 Å². The molecule has 37 heavy (non-hydrogen) atoms. The maximum absolute atomic E-state index is 14.1. The lowest BCUT2D eigenvalue weighted by atomic mass is 10.0. The van der Waals surface area contributed by atoms with E-state index in [2.05, 4.69) is 20.5 Å². The summed E-state index contributed by atoms with van der Waals surface area (Å²) < 4.78 is 6.73. The Labute approximate surface area is 211 Å². The molecular formula is C28H23N7O2. The molecule has 9 nitrogen and oxygen atoms in total. The summed E-state index contributed by atoms with van der Waals surface area (Å²) in [6.07, 6.45) is 0. The first kappa shape index (κ1) is 22.2. The minimum atomic E-state index is -0.288. The Bertz CT molecular complexity index is 1750. The average Bonchev–Trinajstić information content (AvgIpc) is 3.53. The van der Waals surface area contributed by atoms with Crippen molar-refractivity contribution in [3.8, 4) is 39.3 Å². The van der Waals surface area contributed by atoms with Crippen LogP contribution in [0, 0.1) is 0 Å². The average molecular weight is 490 g/mol. The highest BCUT2D eigenvalue weighted by molar-refractivity contribution is 5.92. The van der Waals surface area contributed by atoms with Gasteiger partial charge in [-0.05, 0) is 23.3 Å². The minimum absolute atomic E-state index is 0.288. The van der Waals surface area contributed by atoms with Gasteiger partial charge in [0.1, 0.15) is 28.7 Å². The van der Waals surface area contributed by atoms with Crippen molar-refractivity contribution < 1.29 is 4.74 Å². The molecule has 5 N–H and O–H groups in total. The molecule has 6 rings (SSSR count).